The summed E-state index contributed by atoms with van der Waals surface area (Å²) in [4.78, 5) is 11.2. The lowest BCUT2D eigenvalue weighted by Crippen LogP contribution is -2.11. The second-order valence-corrected chi connectivity index (χ2v) is 3.29. The number of rotatable bonds is 2. The normalized spacial score (nSPS) is 11.8. The van der Waals surface area contributed by atoms with Gasteiger partial charge in [-0.3, -0.25) is 4.79 Å². The molecule has 1 aromatic carbocycles. The van der Waals surface area contributed by atoms with Crippen LogP contribution in [0.25, 0.3) is 0 Å². The fourth-order valence-electron chi connectivity index (χ4n) is 1.18. The number of carbonyl (C=O) groups excluding carboxylic acids is 1. The number of nitrogens with one attached hydrogen (secondary N) is 1. The molecule has 3 N–H and O–H groups in total. The van der Waals surface area contributed by atoms with E-state index in [1.807, 2.05) is 0 Å². The minimum atomic E-state index is -4.44. The monoisotopic (exact) mass is 244 g/mol. The van der Waals surface area contributed by atoms with E-state index in [1.54, 1.807) is 6.92 Å². The first kappa shape index (κ1) is 13.1. The minimum Gasteiger partial charge on any atom is -0.397 e. The molecule has 1 amide bonds. The van der Waals surface area contributed by atoms with Crippen molar-refractivity contribution in [2.45, 2.75) is 13.1 Å². The lowest BCUT2D eigenvalue weighted by molar-refractivity contribution is -0.137. The van der Waals surface area contributed by atoms with Gasteiger partial charge in [0.1, 0.15) is 0 Å². The number of nitrogen functional groups attached to an aromatic ring is 1. The van der Waals surface area contributed by atoms with Gasteiger partial charge in [0.15, 0.2) is 0 Å². The Balaban J connectivity index is 2.95. The average molecular weight is 244 g/mol. The Kier molecular flexibility index (Phi) is 3.77. The lowest BCUT2D eigenvalue weighted by atomic mass is 10.1. The van der Waals surface area contributed by atoms with Crippen molar-refractivity contribution in [3.8, 4) is 0 Å². The summed E-state index contributed by atoms with van der Waals surface area (Å²) in [6.07, 6.45) is -1.69. The zero-order chi connectivity index (χ0) is 13.1. The molecule has 3 nitrogen and oxygen atoms in total. The molecule has 92 valence electrons. The predicted molar refractivity (Wildman–Crippen MR) is 59.3 cm³/mol. The van der Waals surface area contributed by atoms with Crippen molar-refractivity contribution >= 4 is 17.3 Å². The fraction of sp³-hybridized carbons (Fsp3) is 0.182. The topological polar surface area (TPSA) is 55.1 Å². The number of nitrogens with two attached hydrogens (primary N) is 1. The third-order valence-electron chi connectivity index (χ3n) is 1.95. The van der Waals surface area contributed by atoms with E-state index >= 15 is 0 Å². The highest BCUT2D eigenvalue weighted by atomic mass is 19.4. The molecule has 0 saturated carbocycles. The maximum atomic E-state index is 12.3. The molecule has 17 heavy (non-hydrogen) atoms. The molecule has 0 fully saturated rings. The van der Waals surface area contributed by atoms with Gasteiger partial charge in [-0.2, -0.15) is 13.2 Å². The van der Waals surface area contributed by atoms with E-state index in [0.717, 1.165) is 18.2 Å². The Morgan fingerprint density at radius 2 is 2.06 bits per heavy atom. The number of benzene rings is 1. The fourth-order valence-corrected chi connectivity index (χ4v) is 1.18. The maximum absolute atomic E-state index is 12.3. The Bertz CT molecular complexity index is 453. The maximum Gasteiger partial charge on any atom is 0.416 e. The summed E-state index contributed by atoms with van der Waals surface area (Å²) in [5.74, 6) is -0.445. The van der Waals surface area contributed by atoms with E-state index in [-0.39, 0.29) is 11.4 Å². The molecule has 0 aliphatic heterocycles. The summed E-state index contributed by atoms with van der Waals surface area (Å²) in [6, 6.07) is 2.77. The number of anilines is 2. The summed E-state index contributed by atoms with van der Waals surface area (Å²) in [5.41, 5.74) is 4.60. The first-order valence-electron chi connectivity index (χ1n) is 4.75. The van der Waals surface area contributed by atoms with Gasteiger partial charge in [0.2, 0.25) is 5.91 Å². The van der Waals surface area contributed by atoms with E-state index in [0.29, 0.717) is 0 Å². The highest BCUT2D eigenvalue weighted by Gasteiger charge is 2.30. The third kappa shape index (κ3) is 3.51. The summed E-state index contributed by atoms with van der Waals surface area (Å²) < 4.78 is 37.0. The highest BCUT2D eigenvalue weighted by Crippen LogP contribution is 2.32. The molecule has 0 saturated heterocycles. The van der Waals surface area contributed by atoms with Crippen LogP contribution in [0.2, 0.25) is 0 Å². The van der Waals surface area contributed by atoms with Gasteiger partial charge < -0.3 is 11.1 Å². The summed E-state index contributed by atoms with van der Waals surface area (Å²) in [6.45, 7) is 1.65. The highest BCUT2D eigenvalue weighted by molar-refractivity contribution is 6.01. The molecule has 0 bridgehead atoms. The van der Waals surface area contributed by atoms with Crippen molar-refractivity contribution in [1.29, 1.82) is 0 Å². The first-order valence-corrected chi connectivity index (χ1v) is 4.75. The zero-order valence-corrected chi connectivity index (χ0v) is 9.01. The van der Waals surface area contributed by atoms with Crippen LogP contribution in [0.15, 0.2) is 30.4 Å². The summed E-state index contributed by atoms with van der Waals surface area (Å²) in [7, 11) is 0. The largest absolute Gasteiger partial charge is 0.416 e. The van der Waals surface area contributed by atoms with Crippen LogP contribution in [0.1, 0.15) is 12.5 Å². The van der Waals surface area contributed by atoms with E-state index in [2.05, 4.69) is 5.32 Å². The molecular weight excluding hydrogens is 233 g/mol. The van der Waals surface area contributed by atoms with Crippen molar-refractivity contribution in [2.24, 2.45) is 0 Å². The van der Waals surface area contributed by atoms with Crippen LogP contribution in [0.3, 0.4) is 0 Å². The van der Waals surface area contributed by atoms with Crippen molar-refractivity contribution in [3.05, 3.63) is 35.9 Å². The molecule has 0 radical (unpaired) electrons. The zero-order valence-electron chi connectivity index (χ0n) is 9.01. The van der Waals surface area contributed by atoms with Crippen LogP contribution in [0, 0.1) is 0 Å². The molecular formula is C11H11F3N2O. The third-order valence-corrected chi connectivity index (χ3v) is 1.95. The molecule has 0 unspecified atom stereocenters. The second kappa shape index (κ2) is 4.90. The summed E-state index contributed by atoms with van der Waals surface area (Å²) >= 11 is 0. The smallest absolute Gasteiger partial charge is 0.397 e. The molecule has 0 atom stereocenters. The molecule has 1 aromatic rings. The van der Waals surface area contributed by atoms with Crippen LogP contribution in [0.4, 0.5) is 24.5 Å². The number of hydrogen-bond donors (Lipinski definition) is 2. The van der Waals surface area contributed by atoms with Gasteiger partial charge in [0.25, 0.3) is 0 Å². The van der Waals surface area contributed by atoms with Crippen molar-refractivity contribution in [3.63, 3.8) is 0 Å². The van der Waals surface area contributed by atoms with Gasteiger partial charge in [0.05, 0.1) is 16.9 Å². The average Bonchev–Trinajstić information content (AvgIpc) is 2.20. The van der Waals surface area contributed by atoms with Gasteiger partial charge in [-0.25, -0.2) is 0 Å². The molecule has 1 rings (SSSR count). The second-order valence-electron chi connectivity index (χ2n) is 3.29. The van der Waals surface area contributed by atoms with Crippen LogP contribution in [0.5, 0.6) is 0 Å². The predicted octanol–water partition coefficient (Wildman–Crippen LogP) is 2.80. The minimum absolute atomic E-state index is 0.127. The number of carbonyl (C=O) groups is 1. The number of hydrogen-bond acceptors (Lipinski definition) is 2. The number of allylic oxidation sites excluding steroid dienone is 1. The van der Waals surface area contributed by atoms with Crippen molar-refractivity contribution in [1.82, 2.24) is 0 Å². The van der Waals surface area contributed by atoms with E-state index in [4.69, 9.17) is 5.73 Å². The first-order chi connectivity index (χ1) is 7.84. The molecule has 0 spiro atoms. The van der Waals surface area contributed by atoms with Crippen molar-refractivity contribution < 1.29 is 18.0 Å². The van der Waals surface area contributed by atoms with Gasteiger partial charge in [0, 0.05) is 0 Å². The number of amides is 1. The molecule has 0 aliphatic rings. The SMILES string of the molecule is C/C=C/C(=O)Nc1ccc(C(F)(F)F)cc1N. The Labute approximate surface area is 96.1 Å². The van der Waals surface area contributed by atoms with Gasteiger partial charge in [-0.15, -0.1) is 0 Å². The van der Waals surface area contributed by atoms with Gasteiger partial charge >= 0.3 is 6.18 Å². The number of alkyl halides is 3. The standard InChI is InChI=1S/C11H11F3N2O/c1-2-3-10(17)16-9-5-4-7(6-8(9)15)11(12,13)14/h2-6H,15H2,1H3,(H,16,17)/b3-2+. The Morgan fingerprint density at radius 1 is 1.41 bits per heavy atom. The Morgan fingerprint density at radius 3 is 2.53 bits per heavy atom. The lowest BCUT2D eigenvalue weighted by Gasteiger charge is -2.10. The number of halogens is 3. The van der Waals surface area contributed by atoms with E-state index in [1.165, 1.54) is 12.2 Å². The van der Waals surface area contributed by atoms with Crippen LogP contribution < -0.4 is 11.1 Å². The van der Waals surface area contributed by atoms with Gasteiger partial charge in [-0.05, 0) is 31.2 Å². The van der Waals surface area contributed by atoms with E-state index < -0.39 is 17.6 Å². The quantitative estimate of drug-likeness (QED) is 0.620. The molecule has 0 heterocycles. The molecule has 0 aliphatic carbocycles. The van der Waals surface area contributed by atoms with Crippen LogP contribution in [-0.2, 0) is 11.0 Å². The molecule has 0 aromatic heterocycles. The van der Waals surface area contributed by atoms with Crippen LogP contribution >= 0.6 is 0 Å². The molecule has 6 heteroatoms. The van der Waals surface area contributed by atoms with Gasteiger partial charge in [-0.1, -0.05) is 6.08 Å². The van der Waals surface area contributed by atoms with Crippen LogP contribution in [-0.4, -0.2) is 5.91 Å². The summed E-state index contributed by atoms with van der Waals surface area (Å²) in [5, 5.41) is 2.37. The van der Waals surface area contributed by atoms with E-state index in [9.17, 15) is 18.0 Å². The Hall–Kier alpha value is -1.98. The van der Waals surface area contributed by atoms with Crippen molar-refractivity contribution in [2.75, 3.05) is 11.1 Å².